The lowest BCUT2D eigenvalue weighted by atomic mass is 9.84. The molecule has 1 rings (SSSR count). The zero-order chi connectivity index (χ0) is 15.2. The zero-order valence-electron chi connectivity index (χ0n) is 12.3. The molecule has 0 radical (unpaired) electrons. The summed E-state index contributed by atoms with van der Waals surface area (Å²) in [5.41, 5.74) is 0. The van der Waals surface area contributed by atoms with E-state index in [1.807, 2.05) is 0 Å². The van der Waals surface area contributed by atoms with E-state index in [0.717, 1.165) is 35.9 Å². The summed E-state index contributed by atoms with van der Waals surface area (Å²) in [7, 11) is -2.15. The molecule has 0 aromatic heterocycles. The summed E-state index contributed by atoms with van der Waals surface area (Å²) < 4.78 is 27.8. The van der Waals surface area contributed by atoms with Crippen LogP contribution in [0.5, 0.6) is 0 Å². The van der Waals surface area contributed by atoms with E-state index < -0.39 is 16.2 Å². The van der Waals surface area contributed by atoms with E-state index in [9.17, 15) is 13.2 Å². The Hall–Kier alpha value is -0.660. The van der Waals surface area contributed by atoms with Crippen molar-refractivity contribution in [2.75, 3.05) is 13.6 Å². The van der Waals surface area contributed by atoms with Crippen LogP contribution in [0, 0.1) is 5.92 Å². The average molecular weight is 306 g/mol. The third kappa shape index (κ3) is 5.76. The normalized spacial score (nSPS) is 23.9. The molecule has 0 bridgehead atoms. The summed E-state index contributed by atoms with van der Waals surface area (Å²) in [6.45, 7) is 2.17. The molecule has 20 heavy (non-hydrogen) atoms. The SMILES string of the molecule is CCCC1CCC(NS(=O)(=O)N(C)CCC(=O)O)CC1. The molecule has 1 saturated carbocycles. The number of nitrogens with one attached hydrogen (secondary N) is 1. The quantitative estimate of drug-likeness (QED) is 0.713. The number of hydrogen-bond acceptors (Lipinski definition) is 3. The lowest BCUT2D eigenvalue weighted by Crippen LogP contribution is -2.45. The van der Waals surface area contributed by atoms with Gasteiger partial charge in [0.15, 0.2) is 0 Å². The van der Waals surface area contributed by atoms with Crippen molar-refractivity contribution < 1.29 is 18.3 Å². The first kappa shape index (κ1) is 17.4. The minimum atomic E-state index is -3.57. The fraction of sp³-hybridized carbons (Fsp3) is 0.923. The second-order valence-corrected chi connectivity index (χ2v) is 7.40. The van der Waals surface area contributed by atoms with E-state index in [1.165, 1.54) is 19.9 Å². The van der Waals surface area contributed by atoms with Gasteiger partial charge >= 0.3 is 5.97 Å². The van der Waals surface area contributed by atoms with E-state index in [-0.39, 0.29) is 19.0 Å². The Morgan fingerprint density at radius 3 is 2.40 bits per heavy atom. The Morgan fingerprint density at radius 2 is 1.90 bits per heavy atom. The molecule has 0 aromatic carbocycles. The molecule has 0 saturated heterocycles. The average Bonchev–Trinajstić information content (AvgIpc) is 2.38. The second-order valence-electron chi connectivity index (χ2n) is 5.59. The fourth-order valence-corrected chi connectivity index (χ4v) is 3.82. The molecule has 1 fully saturated rings. The number of nitrogens with zero attached hydrogens (tertiary/aromatic N) is 1. The number of carboxylic acid groups (broad SMARTS) is 1. The van der Waals surface area contributed by atoms with Gasteiger partial charge in [-0.1, -0.05) is 19.8 Å². The Labute approximate surface area is 121 Å². The second kappa shape index (κ2) is 7.95. The van der Waals surface area contributed by atoms with E-state index in [2.05, 4.69) is 11.6 Å². The molecule has 1 aliphatic carbocycles. The number of hydrogen-bond donors (Lipinski definition) is 2. The Balaban J connectivity index is 2.41. The van der Waals surface area contributed by atoms with Crippen LogP contribution in [-0.2, 0) is 15.0 Å². The van der Waals surface area contributed by atoms with Gasteiger partial charge in [-0.05, 0) is 31.6 Å². The van der Waals surface area contributed by atoms with Crippen LogP contribution in [0.3, 0.4) is 0 Å². The van der Waals surface area contributed by atoms with Gasteiger partial charge in [0.2, 0.25) is 0 Å². The first-order chi connectivity index (χ1) is 9.35. The van der Waals surface area contributed by atoms with Crippen molar-refractivity contribution in [1.82, 2.24) is 9.03 Å². The van der Waals surface area contributed by atoms with Crippen molar-refractivity contribution in [1.29, 1.82) is 0 Å². The van der Waals surface area contributed by atoms with Crippen LogP contribution in [0.2, 0.25) is 0 Å². The summed E-state index contributed by atoms with van der Waals surface area (Å²) in [5, 5.41) is 8.59. The Kier molecular flexibility index (Phi) is 6.91. The van der Waals surface area contributed by atoms with Gasteiger partial charge in [0.1, 0.15) is 0 Å². The van der Waals surface area contributed by atoms with E-state index >= 15 is 0 Å². The molecule has 0 aliphatic heterocycles. The topological polar surface area (TPSA) is 86.7 Å². The van der Waals surface area contributed by atoms with Gasteiger partial charge in [-0.25, -0.2) is 0 Å². The molecule has 1 aliphatic rings. The highest BCUT2D eigenvalue weighted by molar-refractivity contribution is 7.87. The van der Waals surface area contributed by atoms with E-state index in [0.29, 0.717) is 0 Å². The van der Waals surface area contributed by atoms with Crippen LogP contribution in [0.25, 0.3) is 0 Å². The van der Waals surface area contributed by atoms with Crippen molar-refractivity contribution in [3.05, 3.63) is 0 Å². The highest BCUT2D eigenvalue weighted by Crippen LogP contribution is 2.28. The lowest BCUT2D eigenvalue weighted by molar-refractivity contribution is -0.137. The molecule has 6 nitrogen and oxygen atoms in total. The smallest absolute Gasteiger partial charge is 0.304 e. The first-order valence-electron chi connectivity index (χ1n) is 7.30. The van der Waals surface area contributed by atoms with Gasteiger partial charge in [-0.15, -0.1) is 0 Å². The minimum Gasteiger partial charge on any atom is -0.481 e. The number of carboxylic acids is 1. The molecule has 0 spiro atoms. The van der Waals surface area contributed by atoms with Crippen LogP contribution in [0.1, 0.15) is 51.9 Å². The Morgan fingerprint density at radius 1 is 1.30 bits per heavy atom. The van der Waals surface area contributed by atoms with Crippen LogP contribution >= 0.6 is 0 Å². The van der Waals surface area contributed by atoms with Crippen molar-refractivity contribution >= 4 is 16.2 Å². The predicted octanol–water partition coefficient (Wildman–Crippen LogP) is 1.59. The van der Waals surface area contributed by atoms with Crippen molar-refractivity contribution in [3.8, 4) is 0 Å². The van der Waals surface area contributed by atoms with Gasteiger partial charge in [0.25, 0.3) is 10.2 Å². The van der Waals surface area contributed by atoms with Crippen molar-refractivity contribution in [2.24, 2.45) is 5.92 Å². The molecule has 7 heteroatoms. The largest absolute Gasteiger partial charge is 0.481 e. The molecule has 2 N–H and O–H groups in total. The van der Waals surface area contributed by atoms with Crippen LogP contribution in [0.15, 0.2) is 0 Å². The zero-order valence-corrected chi connectivity index (χ0v) is 13.2. The van der Waals surface area contributed by atoms with Gasteiger partial charge in [-0.2, -0.15) is 17.4 Å². The molecule has 0 aromatic rings. The van der Waals surface area contributed by atoms with Gasteiger partial charge < -0.3 is 5.11 Å². The molecule has 0 amide bonds. The summed E-state index contributed by atoms with van der Waals surface area (Å²) in [4.78, 5) is 10.5. The third-order valence-corrected chi connectivity index (χ3v) is 5.54. The first-order valence-corrected chi connectivity index (χ1v) is 8.74. The maximum atomic E-state index is 12.0. The molecule has 0 heterocycles. The maximum Gasteiger partial charge on any atom is 0.304 e. The summed E-state index contributed by atoms with van der Waals surface area (Å²) in [5.74, 6) is -0.266. The number of carbonyl (C=O) groups is 1. The predicted molar refractivity (Wildman–Crippen MR) is 77.6 cm³/mol. The molecule has 0 unspecified atom stereocenters. The number of aliphatic carboxylic acids is 1. The molecular weight excluding hydrogens is 280 g/mol. The highest BCUT2D eigenvalue weighted by atomic mass is 32.2. The Bertz CT molecular complexity index is 403. The van der Waals surface area contributed by atoms with Gasteiger partial charge in [-0.3, -0.25) is 4.79 Å². The summed E-state index contributed by atoms with van der Waals surface area (Å²) >= 11 is 0. The van der Waals surface area contributed by atoms with Crippen molar-refractivity contribution in [3.63, 3.8) is 0 Å². The van der Waals surface area contributed by atoms with Crippen LogP contribution in [-0.4, -0.2) is 43.4 Å². The number of rotatable bonds is 8. The fourth-order valence-electron chi connectivity index (χ4n) is 2.65. The van der Waals surface area contributed by atoms with Crippen LogP contribution in [0.4, 0.5) is 0 Å². The maximum absolute atomic E-state index is 12.0. The monoisotopic (exact) mass is 306 g/mol. The molecule has 0 atom stereocenters. The van der Waals surface area contributed by atoms with Gasteiger partial charge in [0.05, 0.1) is 6.42 Å². The highest BCUT2D eigenvalue weighted by Gasteiger charge is 2.26. The standard InChI is InChI=1S/C13H26N2O4S/c1-3-4-11-5-7-12(8-6-11)14-20(18,19)15(2)10-9-13(16)17/h11-12,14H,3-10H2,1-2H3,(H,16,17). The minimum absolute atomic E-state index is 0.00412. The van der Waals surface area contributed by atoms with E-state index in [4.69, 9.17) is 5.11 Å². The van der Waals surface area contributed by atoms with Crippen LogP contribution < -0.4 is 4.72 Å². The van der Waals surface area contributed by atoms with E-state index in [1.54, 1.807) is 0 Å². The molecule has 118 valence electrons. The van der Waals surface area contributed by atoms with Crippen molar-refractivity contribution in [2.45, 2.75) is 57.9 Å². The lowest BCUT2D eigenvalue weighted by Gasteiger charge is -2.30. The molecular formula is C13H26N2O4S. The third-order valence-electron chi connectivity index (χ3n) is 3.91. The summed E-state index contributed by atoms with van der Waals surface area (Å²) in [6, 6.07) is -0.0135. The van der Waals surface area contributed by atoms with Gasteiger partial charge in [0, 0.05) is 19.6 Å². The summed E-state index contributed by atoms with van der Waals surface area (Å²) in [6.07, 6.45) is 6.10.